The van der Waals surface area contributed by atoms with Crippen molar-refractivity contribution < 1.29 is 17.7 Å². The second-order valence-electron chi connectivity index (χ2n) is 4.68. The first kappa shape index (κ1) is 15.6. The molecule has 0 aliphatic rings. The Bertz CT molecular complexity index is 629. The second kappa shape index (κ2) is 7.31. The van der Waals surface area contributed by atoms with Crippen LogP contribution in [0.1, 0.15) is 16.7 Å². The van der Waals surface area contributed by atoms with Gasteiger partial charge >= 0.3 is 6.61 Å². The summed E-state index contributed by atoms with van der Waals surface area (Å²) in [5, 5.41) is 0. The van der Waals surface area contributed by atoms with Crippen molar-refractivity contribution in [3.63, 3.8) is 0 Å². The Morgan fingerprint density at radius 1 is 1.10 bits per heavy atom. The summed E-state index contributed by atoms with van der Waals surface area (Å²) in [5.41, 5.74) is 2.86. The van der Waals surface area contributed by atoms with Crippen molar-refractivity contribution >= 4 is 10.8 Å². The second-order valence-corrected chi connectivity index (χ2v) is 6.14. The molecule has 0 aliphatic carbocycles. The van der Waals surface area contributed by atoms with Gasteiger partial charge in [0.1, 0.15) is 5.75 Å². The van der Waals surface area contributed by atoms with Crippen LogP contribution in [0.5, 0.6) is 5.75 Å². The number of alkyl halides is 2. The highest BCUT2D eigenvalue weighted by molar-refractivity contribution is 7.83. The number of halogens is 2. The van der Waals surface area contributed by atoms with Crippen molar-refractivity contribution in [1.82, 2.24) is 0 Å². The fourth-order valence-electron chi connectivity index (χ4n) is 1.99. The zero-order valence-electron chi connectivity index (χ0n) is 11.6. The average Bonchev–Trinajstić information content (AvgIpc) is 2.41. The smallest absolute Gasteiger partial charge is 0.387 e. The van der Waals surface area contributed by atoms with Crippen LogP contribution in [0.25, 0.3) is 0 Å². The highest BCUT2D eigenvalue weighted by Gasteiger charge is 2.08. The summed E-state index contributed by atoms with van der Waals surface area (Å²) in [6.45, 7) is -0.874. The minimum absolute atomic E-state index is 0.0930. The molecule has 0 fully saturated rings. The predicted molar refractivity (Wildman–Crippen MR) is 79.8 cm³/mol. The Labute approximate surface area is 125 Å². The number of ether oxygens (including phenoxy) is 1. The topological polar surface area (TPSA) is 26.3 Å². The molecule has 112 valence electrons. The minimum Gasteiger partial charge on any atom is -0.435 e. The molecule has 21 heavy (non-hydrogen) atoms. The van der Waals surface area contributed by atoms with Gasteiger partial charge in [-0.05, 0) is 35.7 Å². The van der Waals surface area contributed by atoms with Gasteiger partial charge in [0.05, 0.1) is 0 Å². The third-order valence-electron chi connectivity index (χ3n) is 3.03. The molecular weight excluding hydrogens is 294 g/mol. The molecule has 0 amide bonds. The quantitative estimate of drug-likeness (QED) is 0.805. The summed E-state index contributed by atoms with van der Waals surface area (Å²) in [5.74, 6) is 0.858. The van der Waals surface area contributed by atoms with Crippen LogP contribution in [0.15, 0.2) is 48.5 Å². The summed E-state index contributed by atoms with van der Waals surface area (Å²) in [7, 11) is -1.10. The van der Waals surface area contributed by atoms with E-state index in [1.807, 2.05) is 31.2 Å². The van der Waals surface area contributed by atoms with E-state index in [2.05, 4.69) is 4.74 Å². The molecule has 1 atom stereocenters. The molecule has 2 nitrogen and oxygen atoms in total. The largest absolute Gasteiger partial charge is 0.435 e. The van der Waals surface area contributed by atoms with Crippen molar-refractivity contribution in [1.29, 1.82) is 0 Å². The molecule has 0 unspecified atom stereocenters. The first-order chi connectivity index (χ1) is 10.0. The van der Waals surface area contributed by atoms with E-state index < -0.39 is 17.4 Å². The minimum atomic E-state index is -2.85. The molecule has 0 aliphatic heterocycles. The SMILES string of the molecule is Cc1ccccc1C[S@@](=O)Cc1cccc(OC(F)F)c1. The van der Waals surface area contributed by atoms with Gasteiger partial charge in [0.25, 0.3) is 0 Å². The molecule has 2 rings (SSSR count). The summed E-state index contributed by atoms with van der Waals surface area (Å²) < 4.78 is 40.9. The molecular formula is C16H16F2O2S. The van der Waals surface area contributed by atoms with Gasteiger partial charge in [0.2, 0.25) is 0 Å². The highest BCUT2D eigenvalue weighted by atomic mass is 32.2. The van der Waals surface area contributed by atoms with E-state index in [0.717, 1.165) is 16.7 Å². The zero-order chi connectivity index (χ0) is 15.2. The first-order valence-corrected chi connectivity index (χ1v) is 7.96. The lowest BCUT2D eigenvalue weighted by molar-refractivity contribution is -0.0498. The van der Waals surface area contributed by atoms with Crippen LogP contribution in [0.3, 0.4) is 0 Å². The van der Waals surface area contributed by atoms with Crippen LogP contribution in [-0.4, -0.2) is 10.8 Å². The Morgan fingerprint density at radius 2 is 1.86 bits per heavy atom. The van der Waals surface area contributed by atoms with Crippen LogP contribution < -0.4 is 4.74 Å². The zero-order valence-corrected chi connectivity index (χ0v) is 12.4. The number of aryl methyl sites for hydroxylation is 1. The summed E-state index contributed by atoms with van der Waals surface area (Å²) in [4.78, 5) is 0. The maximum absolute atomic E-state index is 12.2. The van der Waals surface area contributed by atoms with Gasteiger partial charge in [0, 0.05) is 22.3 Å². The fourth-order valence-corrected chi connectivity index (χ4v) is 3.32. The fraction of sp³-hybridized carbons (Fsp3) is 0.250. The molecule has 2 aromatic carbocycles. The monoisotopic (exact) mass is 310 g/mol. The predicted octanol–water partition coefficient (Wildman–Crippen LogP) is 4.05. The highest BCUT2D eigenvalue weighted by Crippen LogP contribution is 2.18. The molecule has 0 saturated carbocycles. The molecule has 2 aromatic rings. The molecule has 0 N–H and O–H groups in total. The maximum Gasteiger partial charge on any atom is 0.387 e. The van der Waals surface area contributed by atoms with Crippen LogP contribution in [0.4, 0.5) is 8.78 Å². The van der Waals surface area contributed by atoms with Gasteiger partial charge in [0.15, 0.2) is 0 Å². The number of benzene rings is 2. The van der Waals surface area contributed by atoms with Crippen LogP contribution in [0, 0.1) is 6.92 Å². The van der Waals surface area contributed by atoms with Crippen molar-refractivity contribution in [2.75, 3.05) is 0 Å². The van der Waals surface area contributed by atoms with E-state index in [1.54, 1.807) is 12.1 Å². The van der Waals surface area contributed by atoms with Gasteiger partial charge < -0.3 is 4.74 Å². The molecule has 0 heterocycles. The van der Waals surface area contributed by atoms with Gasteiger partial charge in [-0.2, -0.15) is 8.78 Å². The van der Waals surface area contributed by atoms with E-state index in [4.69, 9.17) is 0 Å². The molecule has 0 saturated heterocycles. The Kier molecular flexibility index (Phi) is 5.44. The third-order valence-corrected chi connectivity index (χ3v) is 4.32. The first-order valence-electron chi connectivity index (χ1n) is 6.48. The van der Waals surface area contributed by atoms with E-state index >= 15 is 0 Å². The van der Waals surface area contributed by atoms with Crippen molar-refractivity contribution in [2.45, 2.75) is 25.0 Å². The van der Waals surface area contributed by atoms with E-state index in [-0.39, 0.29) is 5.75 Å². The summed E-state index contributed by atoms with van der Waals surface area (Å²) in [6.07, 6.45) is 0. The lowest BCUT2D eigenvalue weighted by atomic mass is 10.1. The van der Waals surface area contributed by atoms with Gasteiger partial charge in [-0.3, -0.25) is 4.21 Å². The van der Waals surface area contributed by atoms with Crippen molar-refractivity contribution in [2.24, 2.45) is 0 Å². The number of hydrogen-bond acceptors (Lipinski definition) is 2. The lowest BCUT2D eigenvalue weighted by Crippen LogP contribution is -2.04. The molecule has 0 radical (unpaired) electrons. The lowest BCUT2D eigenvalue weighted by Gasteiger charge is -2.08. The Hall–Kier alpha value is -1.75. The molecule has 0 aromatic heterocycles. The van der Waals surface area contributed by atoms with Gasteiger partial charge in [-0.15, -0.1) is 0 Å². The summed E-state index contributed by atoms with van der Waals surface area (Å²) in [6, 6.07) is 14.1. The van der Waals surface area contributed by atoms with Crippen LogP contribution >= 0.6 is 0 Å². The standard InChI is InChI=1S/C16H16F2O2S/c1-12-5-2-3-7-14(12)11-21(19)10-13-6-4-8-15(9-13)20-16(17)18/h2-9,16H,10-11H2,1H3/t21-/m0/s1. The van der Waals surface area contributed by atoms with E-state index in [9.17, 15) is 13.0 Å². The normalized spacial score (nSPS) is 12.4. The van der Waals surface area contributed by atoms with Crippen molar-refractivity contribution in [3.05, 3.63) is 65.2 Å². The van der Waals surface area contributed by atoms with Gasteiger partial charge in [-0.25, -0.2) is 0 Å². The van der Waals surface area contributed by atoms with Crippen LogP contribution in [0.2, 0.25) is 0 Å². The van der Waals surface area contributed by atoms with E-state index in [1.165, 1.54) is 12.1 Å². The molecule has 0 bridgehead atoms. The number of hydrogen-bond donors (Lipinski definition) is 0. The van der Waals surface area contributed by atoms with Crippen molar-refractivity contribution in [3.8, 4) is 5.75 Å². The number of rotatable bonds is 6. The third kappa shape index (κ3) is 4.93. The van der Waals surface area contributed by atoms with Gasteiger partial charge in [-0.1, -0.05) is 36.4 Å². The Balaban J connectivity index is 2.01. The average molecular weight is 310 g/mol. The Morgan fingerprint density at radius 3 is 2.57 bits per heavy atom. The summed E-state index contributed by atoms with van der Waals surface area (Å²) >= 11 is 0. The van der Waals surface area contributed by atoms with Crippen LogP contribution in [-0.2, 0) is 22.3 Å². The molecule has 0 spiro atoms. The molecule has 5 heteroatoms. The van der Waals surface area contributed by atoms with E-state index in [0.29, 0.717) is 11.5 Å². The maximum atomic E-state index is 12.2.